The maximum absolute atomic E-state index is 5.61. The third-order valence-electron chi connectivity index (χ3n) is 2.37. The Hall–Kier alpha value is -1.35. The van der Waals surface area contributed by atoms with Gasteiger partial charge in [-0.05, 0) is 17.9 Å². The van der Waals surface area contributed by atoms with Crippen LogP contribution in [0.25, 0.3) is 10.6 Å². The molecule has 0 radical (unpaired) electrons. The quantitative estimate of drug-likeness (QED) is 0.878. The third-order valence-corrected chi connectivity index (χ3v) is 3.28. The first-order valence-electron chi connectivity index (χ1n) is 5.45. The molecule has 3 heteroatoms. The van der Waals surface area contributed by atoms with Crippen LogP contribution in [0.5, 0.6) is 0 Å². The molecule has 0 amide bonds. The molecule has 2 nitrogen and oxygen atoms in total. The summed E-state index contributed by atoms with van der Waals surface area (Å²) in [5, 5.41) is 2.87. The van der Waals surface area contributed by atoms with Gasteiger partial charge in [-0.2, -0.15) is 0 Å². The van der Waals surface area contributed by atoms with E-state index < -0.39 is 0 Å². The van der Waals surface area contributed by atoms with E-state index in [2.05, 4.69) is 43.1 Å². The summed E-state index contributed by atoms with van der Waals surface area (Å²) in [5.41, 5.74) is 8.14. The van der Waals surface area contributed by atoms with Crippen LogP contribution in [0.1, 0.15) is 19.4 Å². The first-order valence-corrected chi connectivity index (χ1v) is 6.33. The summed E-state index contributed by atoms with van der Waals surface area (Å²) in [7, 11) is 0. The van der Waals surface area contributed by atoms with Gasteiger partial charge in [-0.1, -0.05) is 38.1 Å². The van der Waals surface area contributed by atoms with Gasteiger partial charge < -0.3 is 5.73 Å². The van der Waals surface area contributed by atoms with Gasteiger partial charge in [-0.15, -0.1) is 11.3 Å². The third kappa shape index (κ3) is 2.61. The molecule has 2 rings (SSSR count). The number of thiazole rings is 1. The number of nitrogens with zero attached hydrogens (tertiary/aromatic N) is 1. The van der Waals surface area contributed by atoms with Crippen LogP contribution in [0.3, 0.4) is 0 Å². The second-order valence-corrected chi connectivity index (χ2v) is 5.23. The number of rotatable bonds is 3. The van der Waals surface area contributed by atoms with Crippen molar-refractivity contribution in [3.8, 4) is 10.6 Å². The molecule has 0 aliphatic carbocycles. The van der Waals surface area contributed by atoms with E-state index in [1.165, 1.54) is 5.56 Å². The van der Waals surface area contributed by atoms with Gasteiger partial charge in [-0.25, -0.2) is 4.98 Å². The fourth-order valence-corrected chi connectivity index (χ4v) is 2.39. The van der Waals surface area contributed by atoms with Gasteiger partial charge in [0.1, 0.15) is 10.8 Å². The molecule has 0 aliphatic heterocycles. The SMILES string of the molecule is CC(C)Cc1ccc(-c2nc(N)cs2)cc1. The normalized spacial score (nSPS) is 10.9. The molecule has 0 unspecified atom stereocenters. The van der Waals surface area contributed by atoms with E-state index in [4.69, 9.17) is 5.73 Å². The molecule has 2 aromatic rings. The van der Waals surface area contributed by atoms with Crippen LogP contribution >= 0.6 is 11.3 Å². The predicted molar refractivity (Wildman–Crippen MR) is 70.5 cm³/mol. The first-order chi connectivity index (χ1) is 7.65. The van der Waals surface area contributed by atoms with Crippen molar-refractivity contribution in [3.63, 3.8) is 0 Å². The van der Waals surface area contributed by atoms with Crippen molar-refractivity contribution < 1.29 is 0 Å². The molecule has 0 spiro atoms. The minimum atomic E-state index is 0.603. The van der Waals surface area contributed by atoms with Crippen molar-refractivity contribution in [3.05, 3.63) is 35.2 Å². The Balaban J connectivity index is 2.19. The van der Waals surface area contributed by atoms with Gasteiger partial charge in [0.25, 0.3) is 0 Å². The van der Waals surface area contributed by atoms with Crippen molar-refractivity contribution >= 4 is 17.2 Å². The van der Waals surface area contributed by atoms with Crippen LogP contribution in [-0.4, -0.2) is 4.98 Å². The number of nitrogen functional groups attached to an aromatic ring is 1. The summed E-state index contributed by atoms with van der Waals surface area (Å²) in [5.74, 6) is 1.30. The fraction of sp³-hybridized carbons (Fsp3) is 0.308. The number of aromatic nitrogens is 1. The molecule has 0 saturated heterocycles. The van der Waals surface area contributed by atoms with Crippen LogP contribution in [0.2, 0.25) is 0 Å². The van der Waals surface area contributed by atoms with Crippen LogP contribution in [-0.2, 0) is 6.42 Å². The summed E-state index contributed by atoms with van der Waals surface area (Å²) in [6, 6.07) is 8.59. The predicted octanol–water partition coefficient (Wildman–Crippen LogP) is 3.59. The molecule has 0 aliphatic rings. The zero-order chi connectivity index (χ0) is 11.5. The Bertz CT molecular complexity index is 457. The largest absolute Gasteiger partial charge is 0.383 e. The van der Waals surface area contributed by atoms with Gasteiger partial charge >= 0.3 is 0 Å². The highest BCUT2D eigenvalue weighted by Gasteiger charge is 2.03. The molecule has 1 heterocycles. The number of hydrogen-bond acceptors (Lipinski definition) is 3. The van der Waals surface area contributed by atoms with E-state index in [9.17, 15) is 0 Å². The lowest BCUT2D eigenvalue weighted by Crippen LogP contribution is -1.93. The van der Waals surface area contributed by atoms with Gasteiger partial charge in [-0.3, -0.25) is 0 Å². The molecular weight excluding hydrogens is 216 g/mol. The van der Waals surface area contributed by atoms with E-state index in [1.54, 1.807) is 11.3 Å². The Kier molecular flexibility index (Phi) is 3.25. The number of benzene rings is 1. The van der Waals surface area contributed by atoms with Crippen LogP contribution in [0, 0.1) is 5.92 Å². The van der Waals surface area contributed by atoms with Crippen molar-refractivity contribution in [1.29, 1.82) is 0 Å². The lowest BCUT2D eigenvalue weighted by atomic mass is 10.0. The first kappa shape index (κ1) is 11.1. The van der Waals surface area contributed by atoms with Gasteiger partial charge in [0.05, 0.1) is 0 Å². The maximum Gasteiger partial charge on any atom is 0.135 e. The van der Waals surface area contributed by atoms with Crippen LogP contribution < -0.4 is 5.73 Å². The average Bonchev–Trinajstić information content (AvgIpc) is 2.65. The highest BCUT2D eigenvalue weighted by Crippen LogP contribution is 2.25. The second-order valence-electron chi connectivity index (χ2n) is 4.37. The van der Waals surface area contributed by atoms with Gasteiger partial charge in [0.15, 0.2) is 0 Å². The summed E-state index contributed by atoms with van der Waals surface area (Å²) in [4.78, 5) is 4.27. The molecule has 1 aromatic carbocycles. The minimum absolute atomic E-state index is 0.603. The molecule has 84 valence electrons. The summed E-state index contributed by atoms with van der Waals surface area (Å²) >= 11 is 1.59. The Morgan fingerprint density at radius 1 is 1.25 bits per heavy atom. The Morgan fingerprint density at radius 2 is 1.94 bits per heavy atom. The smallest absolute Gasteiger partial charge is 0.135 e. The molecular formula is C13H16N2S. The summed E-state index contributed by atoms with van der Waals surface area (Å²) < 4.78 is 0. The standard InChI is InChI=1S/C13H16N2S/c1-9(2)7-10-3-5-11(6-4-10)13-15-12(14)8-16-13/h3-6,8-9H,7,14H2,1-2H3. The molecule has 0 saturated carbocycles. The van der Waals surface area contributed by atoms with Gasteiger partial charge in [0.2, 0.25) is 0 Å². The zero-order valence-electron chi connectivity index (χ0n) is 9.60. The van der Waals surface area contributed by atoms with E-state index in [-0.39, 0.29) is 0 Å². The van der Waals surface area contributed by atoms with Crippen LogP contribution in [0.4, 0.5) is 5.82 Å². The van der Waals surface area contributed by atoms with Crippen molar-refractivity contribution in [2.75, 3.05) is 5.73 Å². The van der Waals surface area contributed by atoms with E-state index in [0.29, 0.717) is 11.7 Å². The maximum atomic E-state index is 5.61. The van der Waals surface area contributed by atoms with E-state index in [1.807, 2.05) is 5.38 Å². The molecule has 1 aromatic heterocycles. The van der Waals surface area contributed by atoms with Gasteiger partial charge in [0, 0.05) is 10.9 Å². The second kappa shape index (κ2) is 4.66. The number of nitrogens with two attached hydrogens (primary N) is 1. The topological polar surface area (TPSA) is 38.9 Å². The Morgan fingerprint density at radius 3 is 2.44 bits per heavy atom. The van der Waals surface area contributed by atoms with Crippen molar-refractivity contribution in [2.45, 2.75) is 20.3 Å². The van der Waals surface area contributed by atoms with E-state index >= 15 is 0 Å². The van der Waals surface area contributed by atoms with E-state index in [0.717, 1.165) is 17.0 Å². The molecule has 0 fully saturated rings. The highest BCUT2D eigenvalue weighted by molar-refractivity contribution is 7.13. The lowest BCUT2D eigenvalue weighted by Gasteiger charge is -2.05. The van der Waals surface area contributed by atoms with Crippen molar-refractivity contribution in [1.82, 2.24) is 4.98 Å². The lowest BCUT2D eigenvalue weighted by molar-refractivity contribution is 0.647. The molecule has 2 N–H and O–H groups in total. The zero-order valence-corrected chi connectivity index (χ0v) is 10.4. The molecule has 16 heavy (non-hydrogen) atoms. The molecule has 0 atom stereocenters. The fourth-order valence-electron chi connectivity index (χ4n) is 1.67. The minimum Gasteiger partial charge on any atom is -0.383 e. The average molecular weight is 232 g/mol. The summed E-state index contributed by atoms with van der Waals surface area (Å²) in [6.45, 7) is 4.46. The Labute approximate surface area is 100 Å². The highest BCUT2D eigenvalue weighted by atomic mass is 32.1. The van der Waals surface area contributed by atoms with Crippen molar-refractivity contribution in [2.24, 2.45) is 5.92 Å². The number of hydrogen-bond donors (Lipinski definition) is 1. The molecule has 0 bridgehead atoms. The monoisotopic (exact) mass is 232 g/mol. The van der Waals surface area contributed by atoms with Crippen LogP contribution in [0.15, 0.2) is 29.6 Å². The number of anilines is 1. The summed E-state index contributed by atoms with van der Waals surface area (Å²) in [6.07, 6.45) is 1.13.